The Bertz CT molecular complexity index is 3040. The third-order valence-corrected chi connectivity index (χ3v) is 8.03. The molecule has 200 valence electrons. The van der Waals surface area contributed by atoms with Gasteiger partial charge in [-0.05, 0) is 96.0 Å². The van der Waals surface area contributed by atoms with Crippen molar-refractivity contribution in [3.8, 4) is 33.4 Å². The van der Waals surface area contributed by atoms with E-state index in [2.05, 4.69) is 6.07 Å². The molecule has 0 unspecified atom stereocenters. The summed E-state index contributed by atoms with van der Waals surface area (Å²) in [4.78, 5) is 0. The minimum atomic E-state index is -0.649. The fourth-order valence-corrected chi connectivity index (χ4v) is 6.22. The number of fused-ring (bicyclic) bond motifs is 6. The Kier molecular flexibility index (Phi) is 3.41. The summed E-state index contributed by atoms with van der Waals surface area (Å²) in [6, 6.07) is 22.7. The maximum absolute atomic E-state index is 9.82. The fourth-order valence-electron chi connectivity index (χ4n) is 6.22. The van der Waals surface area contributed by atoms with E-state index in [1.165, 1.54) is 0 Å². The van der Waals surface area contributed by atoms with Crippen LogP contribution in [0.3, 0.4) is 0 Å². The predicted molar refractivity (Wildman–Crippen MR) is 183 cm³/mol. The second-order valence-corrected chi connectivity index (χ2v) is 10.4. The van der Waals surface area contributed by atoms with Crippen LogP contribution in [-0.2, 0) is 0 Å². The zero-order valence-corrected chi connectivity index (χ0v) is 22.6. The van der Waals surface area contributed by atoms with E-state index in [0.29, 0.717) is 16.3 Å². The average Bonchev–Trinajstić information content (AvgIpc) is 3.56. The fraction of sp³-hybridized carbons (Fsp3) is 0. The zero-order valence-electron chi connectivity index (χ0n) is 33.6. The van der Waals surface area contributed by atoms with Gasteiger partial charge in [-0.1, -0.05) is 127 Å². The monoisotopic (exact) mass is 557 g/mol. The molecule has 0 spiro atoms. The molecule has 9 rings (SSSR count). The van der Waals surface area contributed by atoms with Gasteiger partial charge in [0.25, 0.3) is 0 Å². The van der Waals surface area contributed by atoms with E-state index in [0.717, 1.165) is 43.8 Å². The number of rotatable bonds is 3. The second-order valence-electron chi connectivity index (χ2n) is 10.4. The van der Waals surface area contributed by atoms with E-state index < -0.39 is 72.0 Å². The lowest BCUT2D eigenvalue weighted by Gasteiger charge is -2.19. The van der Waals surface area contributed by atoms with Gasteiger partial charge in [-0.2, -0.15) is 0 Å². The molecule has 1 heteroatoms. The van der Waals surface area contributed by atoms with Crippen molar-refractivity contribution in [3.63, 3.8) is 0 Å². The van der Waals surface area contributed by atoms with Crippen LogP contribution in [0.4, 0.5) is 0 Å². The topological polar surface area (TPSA) is 13.1 Å². The summed E-state index contributed by atoms with van der Waals surface area (Å²) >= 11 is 0. The van der Waals surface area contributed by atoms with Crippen LogP contribution in [0.15, 0.2) is 162 Å². The lowest BCUT2D eigenvalue weighted by atomic mass is 9.83. The molecule has 1 nitrogen and oxygen atoms in total. The molecule has 0 aliphatic rings. The van der Waals surface area contributed by atoms with E-state index >= 15 is 0 Å². The van der Waals surface area contributed by atoms with Gasteiger partial charge in [0.2, 0.25) is 0 Å². The Morgan fingerprint density at radius 3 is 1.77 bits per heavy atom. The minimum absolute atomic E-state index is 0.0602. The first-order valence-corrected chi connectivity index (χ1v) is 13.9. The number of furan rings is 1. The Hall–Kier alpha value is -5.66. The largest absolute Gasteiger partial charge is 0.456 e. The van der Waals surface area contributed by atoms with Gasteiger partial charge in [-0.3, -0.25) is 0 Å². The summed E-state index contributed by atoms with van der Waals surface area (Å²) in [5.41, 5.74) is 3.08. The SMILES string of the molecule is [2H]c1c([2H])c([2H])c(-c2c([2H])c(-c3c4ccccc4c(-c4ccc5oc6ccccc6c5c4)c4ccccc34)c3c([2H])c([2H])c([2H])c([2H])c3c2[2H])c([2H])c1[2H]. The Labute approximate surface area is 264 Å². The maximum atomic E-state index is 9.82. The molecule has 1 heterocycles. The minimum Gasteiger partial charge on any atom is -0.456 e. The van der Waals surface area contributed by atoms with Gasteiger partial charge < -0.3 is 4.42 Å². The first-order valence-electron chi connectivity index (χ1n) is 19.4. The lowest BCUT2D eigenvalue weighted by Crippen LogP contribution is -1.92. The van der Waals surface area contributed by atoms with Crippen LogP contribution in [-0.4, -0.2) is 0 Å². The van der Waals surface area contributed by atoms with Crippen LogP contribution in [0.25, 0.3) is 87.6 Å². The Morgan fingerprint density at radius 1 is 0.419 bits per heavy atom. The van der Waals surface area contributed by atoms with Crippen LogP contribution in [0.2, 0.25) is 0 Å². The van der Waals surface area contributed by atoms with Gasteiger partial charge in [0.05, 0.1) is 15.1 Å². The molecule has 9 aromatic rings. The van der Waals surface area contributed by atoms with E-state index in [9.17, 15) is 2.74 Å². The van der Waals surface area contributed by atoms with Gasteiger partial charge in [0.1, 0.15) is 11.2 Å². The summed E-state index contributed by atoms with van der Waals surface area (Å²) < 4.78 is 103. The molecule has 0 amide bonds. The molecule has 0 radical (unpaired) electrons. The van der Waals surface area contributed by atoms with E-state index in [-0.39, 0.29) is 21.9 Å². The predicted octanol–water partition coefficient (Wildman–Crippen LogP) is 12.0. The summed E-state index contributed by atoms with van der Waals surface area (Å²) in [5.74, 6) is 0. The lowest BCUT2D eigenvalue weighted by molar-refractivity contribution is 0.669. The summed E-state index contributed by atoms with van der Waals surface area (Å²) in [7, 11) is 0. The van der Waals surface area contributed by atoms with Gasteiger partial charge in [-0.25, -0.2) is 0 Å². The quantitative estimate of drug-likeness (QED) is 0.197. The molecule has 1 aromatic heterocycles. The molecule has 0 aliphatic carbocycles. The number of para-hydroxylation sites is 1. The highest BCUT2D eigenvalue weighted by Crippen LogP contribution is 2.47. The molecular formula is C42H26O. The Morgan fingerprint density at radius 2 is 1.02 bits per heavy atom. The first kappa shape index (κ1) is 15.5. The molecule has 0 aliphatic heterocycles. The highest BCUT2D eigenvalue weighted by molar-refractivity contribution is 6.24. The number of hydrogen-bond acceptors (Lipinski definition) is 1. The third kappa shape index (κ3) is 3.72. The number of hydrogen-bond donors (Lipinski definition) is 0. The number of benzene rings is 8. The summed E-state index contributed by atoms with van der Waals surface area (Å²) in [6.07, 6.45) is 0. The van der Waals surface area contributed by atoms with Gasteiger partial charge in [0.15, 0.2) is 0 Å². The van der Waals surface area contributed by atoms with Crippen LogP contribution in [0.1, 0.15) is 15.1 Å². The third-order valence-electron chi connectivity index (χ3n) is 8.03. The van der Waals surface area contributed by atoms with Gasteiger partial charge in [-0.15, -0.1) is 0 Å². The maximum Gasteiger partial charge on any atom is 0.135 e. The Balaban J connectivity index is 1.50. The molecule has 0 fully saturated rings. The molecule has 0 atom stereocenters. The highest BCUT2D eigenvalue weighted by Gasteiger charge is 2.19. The van der Waals surface area contributed by atoms with Crippen LogP contribution >= 0.6 is 0 Å². The smallest absolute Gasteiger partial charge is 0.135 e. The molecule has 0 bridgehead atoms. The van der Waals surface area contributed by atoms with E-state index in [1.807, 2.05) is 84.9 Å². The molecular weight excluding hydrogens is 520 g/mol. The van der Waals surface area contributed by atoms with Crippen molar-refractivity contribution in [2.45, 2.75) is 0 Å². The summed E-state index contributed by atoms with van der Waals surface area (Å²) in [6.45, 7) is 0. The van der Waals surface area contributed by atoms with Crippen molar-refractivity contribution in [2.24, 2.45) is 0 Å². The van der Waals surface area contributed by atoms with E-state index in [1.54, 1.807) is 0 Å². The van der Waals surface area contributed by atoms with E-state index in [4.69, 9.17) is 16.8 Å². The second kappa shape index (κ2) is 9.44. The van der Waals surface area contributed by atoms with Gasteiger partial charge >= 0.3 is 0 Å². The van der Waals surface area contributed by atoms with Crippen LogP contribution in [0, 0.1) is 0 Å². The van der Waals surface area contributed by atoms with Crippen LogP contribution < -0.4 is 0 Å². The molecule has 43 heavy (non-hydrogen) atoms. The molecule has 0 saturated heterocycles. The van der Waals surface area contributed by atoms with Crippen molar-refractivity contribution < 1.29 is 19.5 Å². The van der Waals surface area contributed by atoms with Crippen molar-refractivity contribution in [1.29, 1.82) is 0 Å². The zero-order chi connectivity index (χ0) is 37.9. The van der Waals surface area contributed by atoms with Crippen molar-refractivity contribution in [3.05, 3.63) is 157 Å². The van der Waals surface area contributed by atoms with Crippen molar-refractivity contribution in [2.75, 3.05) is 0 Å². The van der Waals surface area contributed by atoms with Gasteiger partial charge in [0, 0.05) is 10.8 Å². The van der Waals surface area contributed by atoms with Crippen molar-refractivity contribution >= 4 is 54.3 Å². The summed E-state index contributed by atoms with van der Waals surface area (Å²) in [5, 5.41) is 4.48. The standard InChI is InChI=1S/C42H26O/c1-2-12-27(13-3-1)30-24-28-14-4-5-15-31(28)38(26-30)42-35-19-8-6-17-33(35)41(34-18-7-9-20-36(34)42)29-22-23-40-37(25-29)32-16-10-11-21-39(32)43-40/h1-26H/i1D,2D,3D,4D,5D,12D,13D,14D,15D,24D,26D. The van der Waals surface area contributed by atoms with Crippen LogP contribution in [0.5, 0.6) is 0 Å². The van der Waals surface area contributed by atoms with Crippen molar-refractivity contribution in [1.82, 2.24) is 0 Å². The highest BCUT2D eigenvalue weighted by atomic mass is 16.3. The first-order chi connectivity index (χ1) is 25.9. The molecule has 0 saturated carbocycles. The molecule has 0 N–H and O–H groups in total. The molecule has 8 aromatic carbocycles. The average molecular weight is 558 g/mol. The normalized spacial score (nSPS) is 15.3.